The van der Waals surface area contributed by atoms with Crippen molar-refractivity contribution in [3.63, 3.8) is 0 Å². The van der Waals surface area contributed by atoms with E-state index in [1.807, 2.05) is 6.08 Å². The number of hydrogen-bond donors (Lipinski definition) is 1. The number of carbonyl (C=O) groups is 2. The first-order chi connectivity index (χ1) is 13.1. The van der Waals surface area contributed by atoms with Crippen LogP contribution in [0.5, 0.6) is 0 Å². The average Bonchev–Trinajstić information content (AvgIpc) is 2.63. The fourth-order valence-corrected chi connectivity index (χ4v) is 2.82. The first-order valence-corrected chi connectivity index (χ1v) is 10.9. The van der Waals surface area contributed by atoms with Gasteiger partial charge in [-0.1, -0.05) is 68.7 Å². The van der Waals surface area contributed by atoms with E-state index in [9.17, 15) is 9.59 Å². The lowest BCUT2D eigenvalue weighted by molar-refractivity contribution is -0.121. The van der Waals surface area contributed by atoms with Gasteiger partial charge in [-0.2, -0.15) is 0 Å². The molecule has 1 N–H and O–H groups in total. The molecule has 0 aromatic carbocycles. The summed E-state index contributed by atoms with van der Waals surface area (Å²) < 4.78 is 0. The molecule has 1 amide bonds. The van der Waals surface area contributed by atoms with Crippen LogP contribution in [0.4, 0.5) is 0 Å². The van der Waals surface area contributed by atoms with Gasteiger partial charge in [0.1, 0.15) is 5.78 Å². The van der Waals surface area contributed by atoms with Crippen molar-refractivity contribution < 1.29 is 9.59 Å². The number of rotatable bonds is 17. The van der Waals surface area contributed by atoms with Crippen LogP contribution in [0.25, 0.3) is 0 Å². The standard InChI is InChI=1S/C23H38ClNO2/c1-3-4-5-9-13-16-23(27)25-19-17-21(2)20-22(26)15-12-10-7-6-8-11-14-18-24/h5,8-9,11,14,18,21H,3-4,6-7,10,12-13,15-17,19-20H2,1-2H3,(H,25,27)/b9-5+,11-8+,18-14+/t21-/m1/s1. The minimum absolute atomic E-state index is 0.102. The van der Waals surface area contributed by atoms with E-state index in [2.05, 4.69) is 37.4 Å². The lowest BCUT2D eigenvalue weighted by Crippen LogP contribution is -2.25. The number of Topliss-reactive ketones (excluding diaryl/α,β-unsaturated/α-hetero) is 1. The highest BCUT2D eigenvalue weighted by atomic mass is 35.5. The smallest absolute Gasteiger partial charge is 0.220 e. The quantitative estimate of drug-likeness (QED) is 0.174. The van der Waals surface area contributed by atoms with E-state index < -0.39 is 0 Å². The Kier molecular flexibility index (Phi) is 18.4. The van der Waals surface area contributed by atoms with Crippen molar-refractivity contribution in [3.8, 4) is 0 Å². The average molecular weight is 396 g/mol. The summed E-state index contributed by atoms with van der Waals surface area (Å²) in [6.07, 6.45) is 20.0. The number of hydrogen-bond acceptors (Lipinski definition) is 2. The Labute approximate surface area is 171 Å². The van der Waals surface area contributed by atoms with E-state index in [1.165, 1.54) is 5.54 Å². The van der Waals surface area contributed by atoms with Gasteiger partial charge in [0.05, 0.1) is 0 Å². The zero-order chi connectivity index (χ0) is 20.2. The molecule has 4 heteroatoms. The van der Waals surface area contributed by atoms with Crippen LogP contribution in [0, 0.1) is 5.92 Å². The van der Waals surface area contributed by atoms with Crippen molar-refractivity contribution >= 4 is 23.3 Å². The summed E-state index contributed by atoms with van der Waals surface area (Å²) in [6.45, 7) is 4.90. The number of carbonyl (C=O) groups excluding carboxylic acids is 2. The Morgan fingerprint density at radius 2 is 1.74 bits per heavy atom. The van der Waals surface area contributed by atoms with Gasteiger partial charge in [-0.05, 0) is 44.4 Å². The highest BCUT2D eigenvalue weighted by Crippen LogP contribution is 2.12. The number of halogens is 1. The molecule has 0 heterocycles. The van der Waals surface area contributed by atoms with Gasteiger partial charge in [-0.3, -0.25) is 9.59 Å². The van der Waals surface area contributed by atoms with Crippen LogP contribution in [-0.4, -0.2) is 18.2 Å². The zero-order valence-corrected chi connectivity index (χ0v) is 18.0. The molecule has 1 atom stereocenters. The third-order valence-electron chi connectivity index (χ3n) is 4.34. The van der Waals surface area contributed by atoms with Crippen molar-refractivity contribution in [2.24, 2.45) is 5.92 Å². The Balaban J connectivity index is 3.61. The van der Waals surface area contributed by atoms with E-state index in [0.29, 0.717) is 37.5 Å². The minimum Gasteiger partial charge on any atom is -0.356 e. The molecule has 154 valence electrons. The Hall–Kier alpha value is -1.35. The molecule has 0 aromatic rings. The van der Waals surface area contributed by atoms with Crippen LogP contribution >= 0.6 is 11.6 Å². The summed E-state index contributed by atoms with van der Waals surface area (Å²) in [5, 5.41) is 2.95. The predicted octanol–water partition coefficient (Wildman–Crippen LogP) is 6.48. The van der Waals surface area contributed by atoms with Crippen molar-refractivity contribution in [3.05, 3.63) is 35.9 Å². The molecule has 0 spiro atoms. The van der Waals surface area contributed by atoms with E-state index in [-0.39, 0.29) is 5.91 Å². The Morgan fingerprint density at radius 3 is 2.48 bits per heavy atom. The summed E-state index contributed by atoms with van der Waals surface area (Å²) in [5.74, 6) is 0.772. The fraction of sp³-hybridized carbons (Fsp3) is 0.652. The van der Waals surface area contributed by atoms with Gasteiger partial charge < -0.3 is 5.32 Å². The third kappa shape index (κ3) is 19.2. The van der Waals surface area contributed by atoms with Gasteiger partial charge in [0, 0.05) is 31.3 Å². The monoisotopic (exact) mass is 395 g/mol. The first kappa shape index (κ1) is 25.6. The van der Waals surface area contributed by atoms with Crippen LogP contribution in [0.3, 0.4) is 0 Å². The van der Waals surface area contributed by atoms with Crippen molar-refractivity contribution in [1.82, 2.24) is 5.32 Å². The number of ketones is 1. The van der Waals surface area contributed by atoms with Crippen LogP contribution in [0.15, 0.2) is 35.9 Å². The maximum Gasteiger partial charge on any atom is 0.220 e. The maximum atomic E-state index is 12.0. The summed E-state index contributed by atoms with van der Waals surface area (Å²) >= 11 is 5.43. The van der Waals surface area contributed by atoms with Gasteiger partial charge in [-0.25, -0.2) is 0 Å². The molecule has 27 heavy (non-hydrogen) atoms. The van der Waals surface area contributed by atoms with Crippen molar-refractivity contribution in [2.75, 3.05) is 6.54 Å². The Morgan fingerprint density at radius 1 is 0.963 bits per heavy atom. The van der Waals surface area contributed by atoms with E-state index in [0.717, 1.165) is 51.4 Å². The second kappa shape index (κ2) is 19.4. The highest BCUT2D eigenvalue weighted by Gasteiger charge is 2.09. The summed E-state index contributed by atoms with van der Waals surface area (Å²) in [5.41, 5.74) is 1.49. The van der Waals surface area contributed by atoms with Crippen LogP contribution in [0.1, 0.15) is 84.5 Å². The summed E-state index contributed by atoms with van der Waals surface area (Å²) in [6, 6.07) is 0. The summed E-state index contributed by atoms with van der Waals surface area (Å²) in [7, 11) is 0. The van der Waals surface area contributed by atoms with Gasteiger partial charge in [0.2, 0.25) is 5.91 Å². The van der Waals surface area contributed by atoms with Gasteiger partial charge in [-0.15, -0.1) is 0 Å². The lowest BCUT2D eigenvalue weighted by atomic mass is 9.98. The highest BCUT2D eigenvalue weighted by molar-refractivity contribution is 6.25. The minimum atomic E-state index is 0.102. The molecule has 0 radical (unpaired) electrons. The van der Waals surface area contributed by atoms with E-state index >= 15 is 0 Å². The van der Waals surface area contributed by atoms with Crippen molar-refractivity contribution in [1.29, 1.82) is 0 Å². The molecule has 0 unspecified atom stereocenters. The topological polar surface area (TPSA) is 46.2 Å². The van der Waals surface area contributed by atoms with E-state index in [1.54, 1.807) is 6.08 Å². The van der Waals surface area contributed by atoms with Crippen molar-refractivity contribution in [2.45, 2.75) is 84.5 Å². The molecule has 0 fully saturated rings. The molecule has 0 bridgehead atoms. The second-order valence-electron chi connectivity index (χ2n) is 7.13. The number of amides is 1. The van der Waals surface area contributed by atoms with Crippen LogP contribution in [0.2, 0.25) is 0 Å². The van der Waals surface area contributed by atoms with Gasteiger partial charge >= 0.3 is 0 Å². The molecular formula is C23H38ClNO2. The van der Waals surface area contributed by atoms with Gasteiger partial charge in [0.25, 0.3) is 0 Å². The number of unbranched alkanes of at least 4 members (excludes halogenated alkanes) is 4. The molecule has 3 nitrogen and oxygen atoms in total. The fourth-order valence-electron chi connectivity index (χ4n) is 2.73. The molecule has 0 saturated carbocycles. The predicted molar refractivity (Wildman–Crippen MR) is 117 cm³/mol. The first-order valence-electron chi connectivity index (χ1n) is 10.4. The normalized spacial score (nSPS) is 13.0. The van der Waals surface area contributed by atoms with E-state index in [4.69, 9.17) is 11.6 Å². The maximum absolute atomic E-state index is 12.0. The third-order valence-corrected chi connectivity index (χ3v) is 4.49. The molecule has 0 rings (SSSR count). The molecular weight excluding hydrogens is 358 g/mol. The molecule has 0 aliphatic carbocycles. The largest absolute Gasteiger partial charge is 0.356 e. The molecule has 0 saturated heterocycles. The molecule has 0 aliphatic rings. The lowest BCUT2D eigenvalue weighted by Gasteiger charge is -2.11. The number of nitrogens with one attached hydrogen (secondary N) is 1. The SMILES string of the molecule is CCC/C=C/CCC(=O)NCC[C@@H](C)CC(=O)CCCCC/C=C/C=C/Cl. The zero-order valence-electron chi connectivity index (χ0n) is 17.2. The summed E-state index contributed by atoms with van der Waals surface area (Å²) in [4.78, 5) is 23.8. The van der Waals surface area contributed by atoms with Gasteiger partial charge in [0.15, 0.2) is 0 Å². The van der Waals surface area contributed by atoms with Crippen LogP contribution in [-0.2, 0) is 9.59 Å². The molecule has 0 aliphatic heterocycles. The molecule has 0 aromatic heterocycles. The number of allylic oxidation sites excluding steroid dienone is 5. The Bertz CT molecular complexity index is 469. The second-order valence-corrected chi connectivity index (χ2v) is 7.38. The van der Waals surface area contributed by atoms with Crippen LogP contribution < -0.4 is 5.32 Å².